The molecule has 0 unspecified atom stereocenters. The molecule has 0 aromatic rings. The summed E-state index contributed by atoms with van der Waals surface area (Å²) in [5.41, 5.74) is 0. The van der Waals surface area contributed by atoms with Crippen molar-refractivity contribution in [3.63, 3.8) is 0 Å². The predicted octanol–water partition coefficient (Wildman–Crippen LogP) is -11.8. The first-order chi connectivity index (χ1) is 27.9. The average molecular weight is 870 g/mol. The number of nitrogens with one attached hydrogen (secondary N) is 1. The number of aliphatic hydroxyl groups is 16. The van der Waals surface area contributed by atoms with Crippen molar-refractivity contribution in [1.29, 1.82) is 0 Å². The fraction of sp³-hybridized carbons (Fsp3) is 0.969. The number of amides is 1. The summed E-state index contributed by atoms with van der Waals surface area (Å²) >= 11 is 0. The summed E-state index contributed by atoms with van der Waals surface area (Å²) in [5.74, 6) is -0.790. The van der Waals surface area contributed by atoms with Crippen LogP contribution in [0.4, 0.5) is 0 Å². The Morgan fingerprint density at radius 1 is 0.407 bits per heavy atom. The molecule has 27 nitrogen and oxygen atoms in total. The molecule has 0 radical (unpaired) electrons. The van der Waals surface area contributed by atoms with Gasteiger partial charge in [-0.2, -0.15) is 0 Å². The number of carbonyl (C=O) groups is 1. The molecule has 5 heterocycles. The SMILES string of the molecule is CC(=O)N[C@H]1[C@@H](O[C@H]2[C@@H](O)[C@@H](CO)O[C@H](O[C@@H]3[C@@H](O)[C@@H](O)O[C@H](CO)[C@H]3O)[C@@H]2O[C@H]2O[C@H](CO)[C@@H](O)[C@H](O)[C@H]2O[C@H]2O[C@H](CO)[C@@H](O)[C@H](O)[C@H]2O)O[C@H](CO)[C@H](O)[C@@H]1O. The Bertz CT molecular complexity index is 1320. The molecule has 0 bridgehead atoms. The highest BCUT2D eigenvalue weighted by Gasteiger charge is 2.58. The van der Waals surface area contributed by atoms with Crippen LogP contribution in [0.3, 0.4) is 0 Å². The summed E-state index contributed by atoms with van der Waals surface area (Å²) in [5, 5.41) is 171. The van der Waals surface area contributed by atoms with E-state index in [2.05, 4.69) is 5.32 Å². The minimum absolute atomic E-state index is 0.790. The fourth-order valence-electron chi connectivity index (χ4n) is 7.38. The van der Waals surface area contributed by atoms with Gasteiger partial charge in [0.2, 0.25) is 5.91 Å². The van der Waals surface area contributed by atoms with Gasteiger partial charge in [0, 0.05) is 6.92 Å². The van der Waals surface area contributed by atoms with Crippen molar-refractivity contribution in [3.05, 3.63) is 0 Å². The Balaban J connectivity index is 1.58. The molecule has 5 aliphatic heterocycles. The van der Waals surface area contributed by atoms with E-state index >= 15 is 0 Å². The lowest BCUT2D eigenvalue weighted by molar-refractivity contribution is -0.412. The first-order valence-electron chi connectivity index (χ1n) is 18.6. The van der Waals surface area contributed by atoms with Crippen molar-refractivity contribution in [3.8, 4) is 0 Å². The highest BCUT2D eigenvalue weighted by atomic mass is 16.8. The second-order valence-corrected chi connectivity index (χ2v) is 14.7. The predicted molar refractivity (Wildman–Crippen MR) is 178 cm³/mol. The summed E-state index contributed by atoms with van der Waals surface area (Å²) < 4.78 is 51.4. The monoisotopic (exact) mass is 869 g/mol. The minimum Gasteiger partial charge on any atom is -0.394 e. The number of hydrogen-bond donors (Lipinski definition) is 17. The average Bonchev–Trinajstić information content (AvgIpc) is 3.21. The molecule has 0 aromatic carbocycles. The zero-order valence-electron chi connectivity index (χ0n) is 31.2. The Morgan fingerprint density at radius 3 is 1.34 bits per heavy atom. The van der Waals surface area contributed by atoms with E-state index < -0.39 is 192 Å². The maximum atomic E-state index is 12.2. The fourth-order valence-corrected chi connectivity index (χ4v) is 7.38. The van der Waals surface area contributed by atoms with Crippen LogP contribution in [0.15, 0.2) is 0 Å². The van der Waals surface area contributed by atoms with Crippen molar-refractivity contribution < 1.29 is 129 Å². The zero-order chi connectivity index (χ0) is 43.6. The molecule has 27 heteroatoms. The molecular formula is C32H55NO26. The highest BCUT2D eigenvalue weighted by molar-refractivity contribution is 5.73. The van der Waals surface area contributed by atoms with Crippen LogP contribution in [0.5, 0.6) is 0 Å². The van der Waals surface area contributed by atoms with E-state index in [0.717, 1.165) is 6.92 Å². The van der Waals surface area contributed by atoms with Crippen LogP contribution in [0, 0.1) is 0 Å². The third kappa shape index (κ3) is 10.2. The Morgan fingerprint density at radius 2 is 0.797 bits per heavy atom. The quantitative estimate of drug-likeness (QED) is 0.0770. The molecule has 1 amide bonds. The minimum atomic E-state index is -2.15. The molecule has 5 saturated heterocycles. The summed E-state index contributed by atoms with van der Waals surface area (Å²) in [6.07, 6.45) is -46.6. The van der Waals surface area contributed by atoms with Crippen molar-refractivity contribution in [2.45, 2.75) is 160 Å². The van der Waals surface area contributed by atoms with E-state index in [1.165, 1.54) is 0 Å². The lowest BCUT2D eigenvalue weighted by Gasteiger charge is -2.51. The van der Waals surface area contributed by atoms with Gasteiger partial charge in [-0.1, -0.05) is 0 Å². The van der Waals surface area contributed by atoms with Gasteiger partial charge >= 0.3 is 0 Å². The van der Waals surface area contributed by atoms with Gasteiger partial charge in [0.05, 0.1) is 33.0 Å². The van der Waals surface area contributed by atoms with E-state index in [-0.39, 0.29) is 0 Å². The van der Waals surface area contributed by atoms with Crippen LogP contribution in [-0.4, -0.2) is 274 Å². The summed E-state index contributed by atoms with van der Waals surface area (Å²) in [6.45, 7) is -3.75. The molecule has 25 atom stereocenters. The van der Waals surface area contributed by atoms with E-state index in [4.69, 9.17) is 42.6 Å². The van der Waals surface area contributed by atoms with Gasteiger partial charge < -0.3 is 130 Å². The lowest BCUT2D eigenvalue weighted by atomic mass is 9.94. The summed E-state index contributed by atoms with van der Waals surface area (Å²) in [7, 11) is 0. The van der Waals surface area contributed by atoms with Crippen LogP contribution in [0.1, 0.15) is 6.92 Å². The topological polar surface area (TPSA) is 436 Å². The van der Waals surface area contributed by atoms with Crippen molar-refractivity contribution in [2.24, 2.45) is 0 Å². The molecule has 5 rings (SSSR count). The summed E-state index contributed by atoms with van der Waals surface area (Å²) in [4.78, 5) is 12.2. The molecule has 344 valence electrons. The third-order valence-electron chi connectivity index (χ3n) is 10.7. The molecule has 0 aromatic heterocycles. The van der Waals surface area contributed by atoms with Crippen molar-refractivity contribution in [1.82, 2.24) is 5.32 Å². The maximum Gasteiger partial charge on any atom is 0.217 e. The zero-order valence-corrected chi connectivity index (χ0v) is 31.2. The molecule has 17 N–H and O–H groups in total. The first kappa shape index (κ1) is 48.5. The van der Waals surface area contributed by atoms with Gasteiger partial charge in [0.25, 0.3) is 0 Å². The normalized spacial score (nSPS) is 51.0. The van der Waals surface area contributed by atoms with Crippen LogP contribution in [0.25, 0.3) is 0 Å². The van der Waals surface area contributed by atoms with E-state index in [0.29, 0.717) is 0 Å². The van der Waals surface area contributed by atoms with Gasteiger partial charge in [-0.05, 0) is 0 Å². The number of hydrogen-bond acceptors (Lipinski definition) is 26. The second kappa shape index (κ2) is 20.8. The van der Waals surface area contributed by atoms with E-state index in [9.17, 15) is 86.5 Å². The molecule has 5 aliphatic rings. The largest absolute Gasteiger partial charge is 0.394 e. The van der Waals surface area contributed by atoms with Gasteiger partial charge in [0.15, 0.2) is 31.5 Å². The molecule has 5 fully saturated rings. The van der Waals surface area contributed by atoms with Crippen molar-refractivity contribution in [2.75, 3.05) is 33.0 Å². The number of ether oxygens (including phenoxy) is 9. The Labute approximate surface area is 333 Å². The third-order valence-corrected chi connectivity index (χ3v) is 10.7. The van der Waals surface area contributed by atoms with Crippen LogP contribution < -0.4 is 5.32 Å². The Kier molecular flexibility index (Phi) is 17.1. The smallest absolute Gasteiger partial charge is 0.217 e. The van der Waals surface area contributed by atoms with Gasteiger partial charge in [-0.15, -0.1) is 0 Å². The second-order valence-electron chi connectivity index (χ2n) is 14.7. The first-order valence-corrected chi connectivity index (χ1v) is 18.6. The number of aliphatic hydroxyl groups excluding tert-OH is 16. The standard InChI is InChI=1S/C32H55NO26/c1-7(39)33-13-19(45)14(40)8(2-34)52-29(13)57-25-18(44)12(6-38)55-32(56-24-17(43)11(5-37)51-28(50)23(24)49)27(25)59-31-26(21(47)16(42)10(4-36)54-31)58-30-22(48)20(46)15(41)9(3-35)53-30/h8-32,34-38,40-50H,2-6H2,1H3,(H,33,39)/t8-,9-,10-,11-,12-,13-,14+,15-,16-,17-,18+,19-,20+,21+,22-,23-,24+,25+,26-,27-,28+,29-,30-,31-,32-/m1/s1. The molecule has 0 spiro atoms. The van der Waals surface area contributed by atoms with Gasteiger partial charge in [0.1, 0.15) is 122 Å². The van der Waals surface area contributed by atoms with Crippen LogP contribution in [-0.2, 0) is 47.4 Å². The van der Waals surface area contributed by atoms with E-state index in [1.807, 2.05) is 0 Å². The van der Waals surface area contributed by atoms with Gasteiger partial charge in [-0.3, -0.25) is 4.79 Å². The lowest BCUT2D eigenvalue weighted by Crippen LogP contribution is -2.70. The Hall–Kier alpha value is -1.53. The van der Waals surface area contributed by atoms with Crippen LogP contribution in [0.2, 0.25) is 0 Å². The van der Waals surface area contributed by atoms with Crippen LogP contribution >= 0.6 is 0 Å². The van der Waals surface area contributed by atoms with E-state index in [1.54, 1.807) is 0 Å². The molecule has 0 saturated carbocycles. The number of carbonyl (C=O) groups excluding carboxylic acids is 1. The molecule has 59 heavy (non-hydrogen) atoms. The van der Waals surface area contributed by atoms with Crippen molar-refractivity contribution >= 4 is 5.91 Å². The number of rotatable bonds is 14. The molecule has 0 aliphatic carbocycles. The highest BCUT2D eigenvalue weighted by Crippen LogP contribution is 2.37. The van der Waals surface area contributed by atoms with Gasteiger partial charge in [-0.25, -0.2) is 0 Å². The molecular weight excluding hydrogens is 814 g/mol. The maximum absolute atomic E-state index is 12.2. The summed E-state index contributed by atoms with van der Waals surface area (Å²) in [6, 6.07) is -1.67.